The van der Waals surface area contributed by atoms with Gasteiger partial charge in [-0.2, -0.15) is 5.26 Å². The Kier molecular flexibility index (Phi) is 7.30. The van der Waals surface area contributed by atoms with Gasteiger partial charge in [0.15, 0.2) is 0 Å². The molecule has 2 aromatic carbocycles. The van der Waals surface area contributed by atoms with Crippen LogP contribution in [0.1, 0.15) is 57.9 Å². The van der Waals surface area contributed by atoms with Gasteiger partial charge in [-0.15, -0.1) is 0 Å². The lowest BCUT2D eigenvalue weighted by atomic mass is 9.86. The standard InChI is InChI=1S/C25H30N2O2/c1-3-4-15-29-24-14-13-19(21-10-6-7-11-22(21)24)16-20(17-26)25(28)27-23-12-8-5-9-18(23)2/h6-7,10-11,13-14,16,18,23H,3-5,8-9,12,15H2,1-2H3,(H,27,28)/b20-16+/t18-,23+/m0/s1. The van der Waals surface area contributed by atoms with E-state index in [-0.39, 0.29) is 17.5 Å². The molecule has 0 unspecified atom stereocenters. The van der Waals surface area contributed by atoms with Gasteiger partial charge in [-0.1, -0.05) is 63.4 Å². The molecule has 0 spiro atoms. The molecule has 1 aliphatic carbocycles. The van der Waals surface area contributed by atoms with Gasteiger partial charge >= 0.3 is 0 Å². The summed E-state index contributed by atoms with van der Waals surface area (Å²) >= 11 is 0. The van der Waals surface area contributed by atoms with Crippen LogP contribution >= 0.6 is 0 Å². The molecule has 1 saturated carbocycles. The monoisotopic (exact) mass is 390 g/mol. The van der Waals surface area contributed by atoms with Crippen molar-refractivity contribution in [1.82, 2.24) is 5.32 Å². The first kappa shape index (κ1) is 20.9. The fourth-order valence-electron chi connectivity index (χ4n) is 3.95. The third-order valence-electron chi connectivity index (χ3n) is 5.77. The smallest absolute Gasteiger partial charge is 0.262 e. The summed E-state index contributed by atoms with van der Waals surface area (Å²) in [7, 11) is 0. The zero-order valence-electron chi connectivity index (χ0n) is 17.4. The highest BCUT2D eigenvalue weighted by Crippen LogP contribution is 2.30. The molecule has 2 aromatic rings. The second kappa shape index (κ2) is 10.1. The highest BCUT2D eigenvalue weighted by atomic mass is 16.5. The summed E-state index contributed by atoms with van der Waals surface area (Å²) < 4.78 is 5.94. The number of nitrogens with one attached hydrogen (secondary N) is 1. The second-order valence-corrected chi connectivity index (χ2v) is 7.91. The van der Waals surface area contributed by atoms with Gasteiger partial charge in [-0.05, 0) is 48.3 Å². The second-order valence-electron chi connectivity index (χ2n) is 7.91. The number of carbonyl (C=O) groups is 1. The van der Waals surface area contributed by atoms with E-state index in [0.29, 0.717) is 12.5 Å². The Morgan fingerprint density at radius 1 is 1.21 bits per heavy atom. The van der Waals surface area contributed by atoms with Crippen molar-refractivity contribution < 1.29 is 9.53 Å². The number of nitrogens with zero attached hydrogens (tertiary/aromatic N) is 1. The van der Waals surface area contributed by atoms with Gasteiger partial charge in [0.2, 0.25) is 0 Å². The number of amides is 1. The van der Waals surface area contributed by atoms with Gasteiger partial charge in [0, 0.05) is 11.4 Å². The van der Waals surface area contributed by atoms with E-state index < -0.39 is 0 Å². The summed E-state index contributed by atoms with van der Waals surface area (Å²) in [6.45, 7) is 4.99. The molecule has 1 fully saturated rings. The normalized spacial score (nSPS) is 19.6. The first-order chi connectivity index (χ1) is 14.1. The van der Waals surface area contributed by atoms with Crippen LogP contribution in [0.15, 0.2) is 42.0 Å². The molecular weight excluding hydrogens is 360 g/mol. The quantitative estimate of drug-likeness (QED) is 0.379. The predicted molar refractivity (Wildman–Crippen MR) is 118 cm³/mol. The molecule has 2 atom stereocenters. The van der Waals surface area contributed by atoms with Gasteiger partial charge in [-0.3, -0.25) is 4.79 Å². The van der Waals surface area contributed by atoms with Gasteiger partial charge < -0.3 is 10.1 Å². The van der Waals surface area contributed by atoms with Crippen molar-refractivity contribution in [2.75, 3.05) is 6.61 Å². The van der Waals surface area contributed by atoms with Crippen LogP contribution in [0, 0.1) is 17.2 Å². The van der Waals surface area contributed by atoms with Crippen LogP contribution in [0.5, 0.6) is 5.75 Å². The van der Waals surface area contributed by atoms with Gasteiger partial charge in [0.05, 0.1) is 6.61 Å². The van der Waals surface area contributed by atoms with Crippen LogP contribution in [0.3, 0.4) is 0 Å². The number of hydrogen-bond acceptors (Lipinski definition) is 3. The number of carbonyl (C=O) groups excluding carboxylic acids is 1. The molecule has 4 nitrogen and oxygen atoms in total. The molecule has 0 saturated heterocycles. The van der Waals surface area contributed by atoms with E-state index in [9.17, 15) is 10.1 Å². The lowest BCUT2D eigenvalue weighted by Crippen LogP contribution is -2.41. The van der Waals surface area contributed by atoms with Crippen LogP contribution < -0.4 is 10.1 Å². The van der Waals surface area contributed by atoms with Crippen LogP contribution in [0.25, 0.3) is 16.8 Å². The topological polar surface area (TPSA) is 62.1 Å². The maximum Gasteiger partial charge on any atom is 0.262 e. The Morgan fingerprint density at radius 3 is 2.69 bits per heavy atom. The molecule has 0 bridgehead atoms. The molecule has 0 aliphatic heterocycles. The molecule has 3 rings (SSSR count). The molecular formula is C25H30N2O2. The lowest BCUT2D eigenvalue weighted by Gasteiger charge is -2.29. The zero-order valence-corrected chi connectivity index (χ0v) is 17.4. The van der Waals surface area contributed by atoms with E-state index >= 15 is 0 Å². The molecule has 0 heterocycles. The van der Waals surface area contributed by atoms with E-state index in [1.807, 2.05) is 36.4 Å². The van der Waals surface area contributed by atoms with E-state index in [2.05, 4.69) is 25.2 Å². The third kappa shape index (κ3) is 5.17. The molecule has 29 heavy (non-hydrogen) atoms. The van der Waals surface area contributed by atoms with Gasteiger partial charge in [-0.25, -0.2) is 0 Å². The van der Waals surface area contributed by atoms with E-state index in [4.69, 9.17) is 4.74 Å². The number of rotatable bonds is 7. The van der Waals surface area contributed by atoms with Crippen LogP contribution in [-0.4, -0.2) is 18.6 Å². The molecule has 0 radical (unpaired) electrons. The number of ether oxygens (including phenoxy) is 1. The number of unbranched alkanes of at least 4 members (excludes halogenated alkanes) is 1. The highest BCUT2D eigenvalue weighted by molar-refractivity contribution is 6.04. The number of hydrogen-bond donors (Lipinski definition) is 1. The lowest BCUT2D eigenvalue weighted by molar-refractivity contribution is -0.118. The predicted octanol–water partition coefficient (Wildman–Crippen LogP) is 5.62. The molecule has 4 heteroatoms. The molecule has 0 aromatic heterocycles. The maximum absolute atomic E-state index is 12.7. The fraction of sp³-hybridized carbons (Fsp3) is 0.440. The van der Waals surface area contributed by atoms with Crippen LogP contribution in [0.2, 0.25) is 0 Å². The number of fused-ring (bicyclic) bond motifs is 1. The fourth-order valence-corrected chi connectivity index (χ4v) is 3.95. The van der Waals surface area contributed by atoms with Crippen molar-refractivity contribution in [3.8, 4) is 11.8 Å². The summed E-state index contributed by atoms with van der Waals surface area (Å²) in [4.78, 5) is 12.7. The largest absolute Gasteiger partial charge is 0.493 e. The summed E-state index contributed by atoms with van der Waals surface area (Å²) in [5.41, 5.74) is 0.999. The average molecular weight is 391 g/mol. The van der Waals surface area contributed by atoms with E-state index in [1.165, 1.54) is 6.42 Å². The summed E-state index contributed by atoms with van der Waals surface area (Å²) in [6.07, 6.45) is 8.24. The Bertz CT molecular complexity index is 926. The first-order valence-electron chi connectivity index (χ1n) is 10.7. The highest BCUT2D eigenvalue weighted by Gasteiger charge is 2.24. The summed E-state index contributed by atoms with van der Waals surface area (Å²) in [5, 5.41) is 14.7. The van der Waals surface area contributed by atoms with Crippen LogP contribution in [0.4, 0.5) is 0 Å². The minimum Gasteiger partial charge on any atom is -0.493 e. The third-order valence-corrected chi connectivity index (χ3v) is 5.77. The van der Waals surface area contributed by atoms with Crippen molar-refractivity contribution in [3.05, 3.63) is 47.5 Å². The van der Waals surface area contributed by atoms with Gasteiger partial charge in [0.25, 0.3) is 5.91 Å². The number of benzene rings is 2. The Labute approximate surface area is 173 Å². The minimum atomic E-state index is -0.279. The SMILES string of the molecule is CCCCOc1ccc(/C=C(\C#N)C(=O)N[C@@H]2CCCC[C@@H]2C)c2ccccc12. The molecule has 1 amide bonds. The van der Waals surface area contributed by atoms with Crippen molar-refractivity contribution in [2.24, 2.45) is 5.92 Å². The molecule has 1 N–H and O–H groups in total. The van der Waals surface area contributed by atoms with Gasteiger partial charge in [0.1, 0.15) is 17.4 Å². The summed E-state index contributed by atoms with van der Waals surface area (Å²) in [5.74, 6) is 1.01. The number of nitriles is 1. The average Bonchev–Trinajstić information content (AvgIpc) is 2.74. The van der Waals surface area contributed by atoms with E-state index in [0.717, 1.165) is 54.2 Å². The zero-order chi connectivity index (χ0) is 20.6. The summed E-state index contributed by atoms with van der Waals surface area (Å²) in [6, 6.07) is 14.1. The van der Waals surface area contributed by atoms with Crippen LogP contribution in [-0.2, 0) is 4.79 Å². The molecule has 1 aliphatic rings. The maximum atomic E-state index is 12.7. The van der Waals surface area contributed by atoms with Crippen molar-refractivity contribution >= 4 is 22.8 Å². The Morgan fingerprint density at radius 2 is 1.97 bits per heavy atom. The van der Waals surface area contributed by atoms with Crippen molar-refractivity contribution in [3.63, 3.8) is 0 Å². The van der Waals surface area contributed by atoms with Crippen molar-refractivity contribution in [2.45, 2.75) is 58.4 Å². The minimum absolute atomic E-state index is 0.146. The van der Waals surface area contributed by atoms with E-state index in [1.54, 1.807) is 6.08 Å². The first-order valence-corrected chi connectivity index (χ1v) is 10.7. The Hall–Kier alpha value is -2.80. The molecule has 152 valence electrons. The van der Waals surface area contributed by atoms with Crippen molar-refractivity contribution in [1.29, 1.82) is 5.26 Å². The Balaban J connectivity index is 1.86.